The van der Waals surface area contributed by atoms with Crippen LogP contribution in [0.3, 0.4) is 0 Å². The Bertz CT molecular complexity index is 207. The van der Waals surface area contributed by atoms with Crippen LogP contribution in [0.4, 0.5) is 0 Å². The minimum Gasteiger partial charge on any atom is -0.550 e. The van der Waals surface area contributed by atoms with Crippen molar-refractivity contribution in [2.24, 2.45) is 0 Å². The molecular formula is C9H11CdNO4. The van der Waals surface area contributed by atoms with Crippen molar-refractivity contribution >= 4 is 11.9 Å². The average molecular weight is 310 g/mol. The normalized spacial score (nSPS) is 6.53. The maximum atomic E-state index is 8.89. The molecule has 1 heterocycles. The number of pyridine rings is 1. The van der Waals surface area contributed by atoms with E-state index in [0.717, 1.165) is 13.8 Å². The van der Waals surface area contributed by atoms with Gasteiger partial charge >= 0.3 is 27.3 Å². The fourth-order valence-electron chi connectivity index (χ4n) is 0.313. The summed E-state index contributed by atoms with van der Waals surface area (Å²) >= 11 is 0. The van der Waals surface area contributed by atoms with E-state index in [2.05, 4.69) is 4.98 Å². The van der Waals surface area contributed by atoms with Gasteiger partial charge in [-0.2, -0.15) is 0 Å². The van der Waals surface area contributed by atoms with E-state index in [9.17, 15) is 0 Å². The molecule has 0 unspecified atom stereocenters. The fourth-order valence-corrected chi connectivity index (χ4v) is 0.313. The van der Waals surface area contributed by atoms with Crippen molar-refractivity contribution < 1.29 is 47.1 Å². The summed E-state index contributed by atoms with van der Waals surface area (Å²) in [7, 11) is 0. The van der Waals surface area contributed by atoms with Crippen molar-refractivity contribution in [1.29, 1.82) is 0 Å². The van der Waals surface area contributed by atoms with Gasteiger partial charge in [0.2, 0.25) is 0 Å². The third-order valence-electron chi connectivity index (χ3n) is 0.566. The van der Waals surface area contributed by atoms with Crippen molar-refractivity contribution in [3.05, 3.63) is 30.6 Å². The SMILES string of the molecule is CC(=O)[O-].CC(=O)[O-].[Cd+2].c1ccncc1. The van der Waals surface area contributed by atoms with Gasteiger partial charge in [0.15, 0.2) is 0 Å². The number of carbonyl (C=O) groups excluding carboxylic acids is 2. The van der Waals surface area contributed by atoms with Crippen LogP contribution in [0.1, 0.15) is 13.8 Å². The molecule has 78 valence electrons. The van der Waals surface area contributed by atoms with E-state index in [4.69, 9.17) is 19.8 Å². The van der Waals surface area contributed by atoms with Crippen LogP contribution in [0, 0.1) is 0 Å². The fraction of sp³-hybridized carbons (Fsp3) is 0.222. The first kappa shape index (κ1) is 19.6. The second-order valence-electron chi connectivity index (χ2n) is 2.01. The van der Waals surface area contributed by atoms with Crippen molar-refractivity contribution in [3.63, 3.8) is 0 Å². The molecule has 0 saturated heterocycles. The zero-order valence-electron chi connectivity index (χ0n) is 8.67. The summed E-state index contributed by atoms with van der Waals surface area (Å²) in [5.41, 5.74) is 0. The molecule has 0 N–H and O–H groups in total. The first-order chi connectivity index (χ1) is 6.46. The van der Waals surface area contributed by atoms with Crippen molar-refractivity contribution in [1.82, 2.24) is 4.98 Å². The number of hydrogen-bond donors (Lipinski definition) is 0. The zero-order valence-corrected chi connectivity index (χ0v) is 12.7. The molecule has 0 aliphatic carbocycles. The van der Waals surface area contributed by atoms with Crippen LogP contribution in [-0.2, 0) is 36.9 Å². The van der Waals surface area contributed by atoms with Gasteiger partial charge in [-0.3, -0.25) is 4.98 Å². The quantitative estimate of drug-likeness (QED) is 0.549. The Labute approximate surface area is 108 Å². The molecule has 6 heteroatoms. The molecule has 0 bridgehead atoms. The molecular weight excluding hydrogens is 299 g/mol. The van der Waals surface area contributed by atoms with Crippen LogP contribution >= 0.6 is 0 Å². The summed E-state index contributed by atoms with van der Waals surface area (Å²) in [6.07, 6.45) is 3.50. The van der Waals surface area contributed by atoms with Crippen LogP contribution in [0.25, 0.3) is 0 Å². The summed E-state index contributed by atoms with van der Waals surface area (Å²) in [4.78, 5) is 21.6. The first-order valence-electron chi connectivity index (χ1n) is 3.67. The standard InChI is InChI=1S/C5H5N.2C2H4O2.Cd/c1-2-4-6-5-3-1;2*1-2(3)4;/h1-5H;2*1H3,(H,3,4);/q;;;+2/p-2. The number of carbonyl (C=O) groups is 2. The van der Waals surface area contributed by atoms with Crippen molar-refractivity contribution in [2.75, 3.05) is 0 Å². The number of aliphatic carboxylic acids is 2. The number of carboxylic acids is 2. The largest absolute Gasteiger partial charge is 2.00 e. The predicted molar refractivity (Wildman–Crippen MR) is 45.6 cm³/mol. The monoisotopic (exact) mass is 311 g/mol. The van der Waals surface area contributed by atoms with E-state index in [1.54, 1.807) is 12.4 Å². The van der Waals surface area contributed by atoms with Gasteiger partial charge in [-0.15, -0.1) is 0 Å². The summed E-state index contributed by atoms with van der Waals surface area (Å²) in [6, 6.07) is 5.72. The molecule has 0 atom stereocenters. The number of nitrogens with zero attached hydrogens (tertiary/aromatic N) is 1. The molecule has 0 radical (unpaired) electrons. The van der Waals surface area contributed by atoms with Crippen LogP contribution in [0.5, 0.6) is 0 Å². The van der Waals surface area contributed by atoms with Crippen LogP contribution in [0.2, 0.25) is 0 Å². The second kappa shape index (κ2) is 15.5. The summed E-state index contributed by atoms with van der Waals surface area (Å²) in [6.45, 7) is 1.94. The summed E-state index contributed by atoms with van der Waals surface area (Å²) in [5.74, 6) is -2.17. The predicted octanol–water partition coefficient (Wildman–Crippen LogP) is -1.41. The third kappa shape index (κ3) is 62.8. The van der Waals surface area contributed by atoms with E-state index >= 15 is 0 Å². The van der Waals surface area contributed by atoms with Gasteiger partial charge < -0.3 is 19.8 Å². The van der Waals surface area contributed by atoms with Gasteiger partial charge in [-0.1, -0.05) is 6.07 Å². The molecule has 5 nitrogen and oxygen atoms in total. The molecule has 1 aromatic rings. The average Bonchev–Trinajstić information content (AvgIpc) is 2.05. The Balaban J connectivity index is -0.000000145. The van der Waals surface area contributed by atoms with Gasteiger partial charge in [0.1, 0.15) is 0 Å². The number of hydrogen-bond acceptors (Lipinski definition) is 5. The zero-order chi connectivity index (χ0) is 11.4. The van der Waals surface area contributed by atoms with Gasteiger partial charge in [0, 0.05) is 24.3 Å². The molecule has 0 amide bonds. The minimum atomic E-state index is -1.08. The molecule has 15 heavy (non-hydrogen) atoms. The molecule has 0 aromatic carbocycles. The van der Waals surface area contributed by atoms with Gasteiger partial charge in [0.05, 0.1) is 0 Å². The van der Waals surface area contributed by atoms with E-state index in [1.165, 1.54) is 0 Å². The Morgan fingerprint density at radius 3 is 1.27 bits per heavy atom. The van der Waals surface area contributed by atoms with E-state index in [0.29, 0.717) is 0 Å². The number of rotatable bonds is 0. The van der Waals surface area contributed by atoms with Gasteiger partial charge in [-0.25, -0.2) is 0 Å². The minimum absolute atomic E-state index is 0. The third-order valence-corrected chi connectivity index (χ3v) is 0.566. The second-order valence-corrected chi connectivity index (χ2v) is 2.01. The molecule has 0 saturated carbocycles. The topological polar surface area (TPSA) is 93.1 Å². The smallest absolute Gasteiger partial charge is 0.550 e. The molecule has 1 aromatic heterocycles. The molecule has 1 rings (SSSR count). The number of carboxylic acid groups (broad SMARTS) is 2. The van der Waals surface area contributed by atoms with E-state index in [-0.39, 0.29) is 27.3 Å². The van der Waals surface area contributed by atoms with Gasteiger partial charge in [0.25, 0.3) is 0 Å². The Kier molecular flexibility index (Phi) is 20.2. The van der Waals surface area contributed by atoms with E-state index < -0.39 is 11.9 Å². The maximum Gasteiger partial charge on any atom is 2.00 e. The number of aromatic nitrogens is 1. The van der Waals surface area contributed by atoms with E-state index in [1.807, 2.05) is 18.2 Å². The summed E-state index contributed by atoms with van der Waals surface area (Å²) in [5, 5.41) is 17.8. The van der Waals surface area contributed by atoms with Crippen LogP contribution in [-0.4, -0.2) is 16.9 Å². The van der Waals surface area contributed by atoms with Crippen LogP contribution < -0.4 is 10.2 Å². The molecule has 0 fully saturated rings. The molecule has 0 spiro atoms. The van der Waals surface area contributed by atoms with Crippen molar-refractivity contribution in [2.45, 2.75) is 13.8 Å². The first-order valence-corrected chi connectivity index (χ1v) is 3.67. The van der Waals surface area contributed by atoms with Crippen molar-refractivity contribution in [3.8, 4) is 0 Å². The Hall–Kier alpha value is -0.988. The maximum absolute atomic E-state index is 8.89. The Morgan fingerprint density at radius 2 is 1.20 bits per heavy atom. The van der Waals surface area contributed by atoms with Gasteiger partial charge in [-0.05, 0) is 26.0 Å². The molecule has 0 aliphatic rings. The summed E-state index contributed by atoms with van der Waals surface area (Å²) < 4.78 is 0. The van der Waals surface area contributed by atoms with Crippen LogP contribution in [0.15, 0.2) is 30.6 Å². The molecule has 0 aliphatic heterocycles. The Morgan fingerprint density at radius 1 is 0.933 bits per heavy atom.